The van der Waals surface area contributed by atoms with E-state index >= 15 is 0 Å². The van der Waals surface area contributed by atoms with Crippen LogP contribution in [0.2, 0.25) is 0 Å². The van der Waals surface area contributed by atoms with Crippen LogP contribution in [-0.4, -0.2) is 55.1 Å². The number of hydrogen-bond acceptors (Lipinski definition) is 7. The first-order valence-electron chi connectivity index (χ1n) is 10.8. The predicted molar refractivity (Wildman–Crippen MR) is 111 cm³/mol. The first kappa shape index (κ1) is 19.3. The maximum absolute atomic E-state index is 14.9. The van der Waals surface area contributed by atoms with Gasteiger partial charge in [-0.25, -0.2) is 9.18 Å². The highest BCUT2D eigenvalue weighted by molar-refractivity contribution is 5.90. The van der Waals surface area contributed by atoms with Crippen LogP contribution >= 0.6 is 0 Å². The Kier molecular flexibility index (Phi) is 4.42. The van der Waals surface area contributed by atoms with E-state index in [0.29, 0.717) is 34.4 Å². The molecular weight excluding hydrogens is 415 g/mol. The summed E-state index contributed by atoms with van der Waals surface area (Å²) in [5.41, 5.74) is 1.92. The van der Waals surface area contributed by atoms with Crippen LogP contribution in [0.1, 0.15) is 31.7 Å². The normalized spacial score (nSPS) is 21.6. The standard InChI is InChI=1S/C22H21FN6O3/c23-17-9-15(28-11-19(32-22(28)31)20(30)12-1-2-12)6-7-16(17)13-3-8-18(24-10-13)21-25-27-29(26-21)14-4-5-14/h3,6-10,12,14,19-20,30H,1-2,4-5,11H2. The highest BCUT2D eigenvalue weighted by Gasteiger charge is 2.43. The number of tetrazole rings is 1. The van der Waals surface area contributed by atoms with E-state index < -0.39 is 24.1 Å². The van der Waals surface area contributed by atoms with Gasteiger partial charge in [-0.1, -0.05) is 6.07 Å². The van der Waals surface area contributed by atoms with Crippen LogP contribution in [0.3, 0.4) is 0 Å². The maximum Gasteiger partial charge on any atom is 0.414 e. The fourth-order valence-electron chi connectivity index (χ4n) is 3.99. The van der Waals surface area contributed by atoms with E-state index in [1.165, 1.54) is 11.0 Å². The molecule has 10 heteroatoms. The summed E-state index contributed by atoms with van der Waals surface area (Å²) in [6.07, 6.45) is 3.76. The van der Waals surface area contributed by atoms with E-state index in [1.54, 1.807) is 35.3 Å². The molecule has 1 aliphatic heterocycles. The molecule has 164 valence electrons. The lowest BCUT2D eigenvalue weighted by atomic mass is 10.1. The molecule has 3 aliphatic rings. The van der Waals surface area contributed by atoms with Crippen molar-refractivity contribution in [3.05, 3.63) is 42.3 Å². The summed E-state index contributed by atoms with van der Waals surface area (Å²) in [6, 6.07) is 8.41. The molecule has 1 N–H and O–H groups in total. The van der Waals surface area contributed by atoms with Crippen LogP contribution in [0, 0.1) is 11.7 Å². The van der Waals surface area contributed by atoms with Gasteiger partial charge in [-0.2, -0.15) is 4.80 Å². The van der Waals surface area contributed by atoms with Gasteiger partial charge in [0, 0.05) is 17.3 Å². The number of rotatable bonds is 6. The number of aliphatic hydroxyl groups is 1. The molecule has 9 nitrogen and oxygen atoms in total. The quantitative estimate of drug-likeness (QED) is 0.633. The second-order valence-corrected chi connectivity index (χ2v) is 8.62. The van der Waals surface area contributed by atoms with Crippen molar-refractivity contribution in [1.29, 1.82) is 0 Å². The molecular formula is C22H21FN6O3. The number of ether oxygens (including phenoxy) is 1. The number of halogens is 1. The zero-order valence-corrected chi connectivity index (χ0v) is 17.1. The van der Waals surface area contributed by atoms with Crippen LogP contribution in [-0.2, 0) is 4.74 Å². The highest BCUT2D eigenvalue weighted by atomic mass is 19.1. The van der Waals surface area contributed by atoms with Crippen LogP contribution < -0.4 is 4.90 Å². The Labute approximate surface area is 182 Å². The number of anilines is 1. The van der Waals surface area contributed by atoms with E-state index in [1.807, 2.05) is 0 Å². The third-order valence-corrected chi connectivity index (χ3v) is 6.19. The summed E-state index contributed by atoms with van der Waals surface area (Å²) in [5, 5.41) is 22.7. The van der Waals surface area contributed by atoms with E-state index in [9.17, 15) is 14.3 Å². The Bertz CT molecular complexity index is 1170. The van der Waals surface area contributed by atoms with E-state index in [0.717, 1.165) is 25.7 Å². The molecule has 3 fully saturated rings. The molecule has 0 bridgehead atoms. The lowest BCUT2D eigenvalue weighted by Crippen LogP contribution is -2.32. The predicted octanol–water partition coefficient (Wildman–Crippen LogP) is 2.97. The molecule has 3 heterocycles. The third kappa shape index (κ3) is 3.50. The Morgan fingerprint density at radius 2 is 2.00 bits per heavy atom. The minimum Gasteiger partial charge on any atom is -0.441 e. The van der Waals surface area contributed by atoms with Crippen molar-refractivity contribution in [1.82, 2.24) is 25.2 Å². The number of carbonyl (C=O) groups excluding carboxylic acids is 1. The van der Waals surface area contributed by atoms with Gasteiger partial charge in [0.1, 0.15) is 17.6 Å². The van der Waals surface area contributed by atoms with Crippen LogP contribution in [0.5, 0.6) is 0 Å². The number of carbonyl (C=O) groups is 1. The molecule has 1 aromatic carbocycles. The van der Waals surface area contributed by atoms with Crippen molar-refractivity contribution in [2.75, 3.05) is 11.4 Å². The van der Waals surface area contributed by atoms with Crippen molar-refractivity contribution in [3.8, 4) is 22.6 Å². The van der Waals surface area contributed by atoms with Gasteiger partial charge in [0.25, 0.3) is 0 Å². The summed E-state index contributed by atoms with van der Waals surface area (Å²) >= 11 is 0. The first-order chi connectivity index (χ1) is 15.6. The molecule has 6 rings (SSSR count). The Balaban J connectivity index is 1.19. The van der Waals surface area contributed by atoms with Gasteiger partial charge in [-0.3, -0.25) is 9.88 Å². The molecule has 0 spiro atoms. The molecule has 1 saturated heterocycles. The van der Waals surface area contributed by atoms with Gasteiger partial charge in [0.2, 0.25) is 5.82 Å². The lowest BCUT2D eigenvalue weighted by Gasteiger charge is -2.16. The van der Waals surface area contributed by atoms with Crippen LogP contribution in [0.25, 0.3) is 22.6 Å². The zero-order chi connectivity index (χ0) is 21.8. The second-order valence-electron chi connectivity index (χ2n) is 8.62. The number of cyclic esters (lactones) is 1. The third-order valence-electron chi connectivity index (χ3n) is 6.19. The van der Waals surface area contributed by atoms with Gasteiger partial charge in [-0.15, -0.1) is 10.2 Å². The summed E-state index contributed by atoms with van der Waals surface area (Å²) in [4.78, 5) is 19.6. The summed E-state index contributed by atoms with van der Waals surface area (Å²) < 4.78 is 20.2. The topological polar surface area (TPSA) is 106 Å². The van der Waals surface area contributed by atoms with Crippen molar-refractivity contribution in [3.63, 3.8) is 0 Å². The molecule has 2 unspecified atom stereocenters. The number of hydrogen-bond donors (Lipinski definition) is 1. The van der Waals surface area contributed by atoms with Gasteiger partial charge in [0.05, 0.1) is 24.4 Å². The number of pyridine rings is 1. The average molecular weight is 436 g/mol. The van der Waals surface area contributed by atoms with Gasteiger partial charge < -0.3 is 9.84 Å². The molecule has 2 aromatic heterocycles. The molecule has 1 amide bonds. The van der Waals surface area contributed by atoms with E-state index in [-0.39, 0.29) is 12.5 Å². The maximum atomic E-state index is 14.9. The van der Waals surface area contributed by atoms with Gasteiger partial charge in [0.15, 0.2) is 0 Å². The highest BCUT2D eigenvalue weighted by Crippen LogP contribution is 2.37. The second kappa shape index (κ2) is 7.33. The van der Waals surface area contributed by atoms with Crippen LogP contribution in [0.4, 0.5) is 14.9 Å². The number of aliphatic hydroxyl groups excluding tert-OH is 1. The fourth-order valence-corrected chi connectivity index (χ4v) is 3.99. The molecule has 2 atom stereocenters. The molecule has 2 aliphatic carbocycles. The lowest BCUT2D eigenvalue weighted by molar-refractivity contribution is 0.0200. The largest absolute Gasteiger partial charge is 0.441 e. The van der Waals surface area contributed by atoms with Crippen LogP contribution in [0.15, 0.2) is 36.5 Å². The van der Waals surface area contributed by atoms with Crippen molar-refractivity contribution >= 4 is 11.8 Å². The fraction of sp³-hybridized carbons (Fsp3) is 0.409. The molecule has 32 heavy (non-hydrogen) atoms. The summed E-state index contributed by atoms with van der Waals surface area (Å²) in [7, 11) is 0. The van der Waals surface area contributed by atoms with Gasteiger partial charge >= 0.3 is 6.09 Å². The van der Waals surface area contributed by atoms with E-state index in [2.05, 4.69) is 20.4 Å². The molecule has 0 radical (unpaired) electrons. The van der Waals surface area contributed by atoms with Crippen molar-refractivity contribution < 1.29 is 19.0 Å². The smallest absolute Gasteiger partial charge is 0.414 e. The Hall–Kier alpha value is -3.40. The summed E-state index contributed by atoms with van der Waals surface area (Å²) in [5.74, 6) is 0.152. The first-order valence-corrected chi connectivity index (χ1v) is 10.8. The number of aromatic nitrogens is 5. The van der Waals surface area contributed by atoms with Crippen molar-refractivity contribution in [2.45, 2.75) is 43.9 Å². The monoisotopic (exact) mass is 436 g/mol. The minimum atomic E-state index is -0.668. The molecule has 2 saturated carbocycles. The van der Waals surface area contributed by atoms with Crippen molar-refractivity contribution in [2.24, 2.45) is 5.92 Å². The zero-order valence-electron chi connectivity index (χ0n) is 17.1. The van der Waals surface area contributed by atoms with E-state index in [4.69, 9.17) is 4.74 Å². The molecule has 3 aromatic rings. The number of amides is 1. The Morgan fingerprint density at radius 3 is 2.69 bits per heavy atom. The number of nitrogens with zero attached hydrogens (tertiary/aromatic N) is 6. The summed E-state index contributed by atoms with van der Waals surface area (Å²) in [6.45, 7) is 0.208. The minimum absolute atomic E-state index is 0.191. The number of benzene rings is 1. The van der Waals surface area contributed by atoms with Gasteiger partial charge in [-0.05, 0) is 61.1 Å². The SMILES string of the molecule is O=C1OC(C(O)C2CC2)CN1c1ccc(-c2ccc(-c3nnn(C4CC4)n3)nc2)c(F)c1. The average Bonchev–Trinajstić information content (AvgIpc) is 3.74. The Morgan fingerprint density at radius 1 is 1.16 bits per heavy atom.